The van der Waals surface area contributed by atoms with Crippen molar-refractivity contribution in [3.63, 3.8) is 0 Å². The highest BCUT2D eigenvalue weighted by Crippen LogP contribution is 2.28. The van der Waals surface area contributed by atoms with Crippen LogP contribution in [0.5, 0.6) is 0 Å². The van der Waals surface area contributed by atoms with Crippen LogP contribution in [0.1, 0.15) is 11.1 Å². The predicted octanol–water partition coefficient (Wildman–Crippen LogP) is 4.53. The van der Waals surface area contributed by atoms with Gasteiger partial charge >= 0.3 is 0 Å². The minimum absolute atomic E-state index is 0.0678. The third-order valence-electron chi connectivity index (χ3n) is 4.46. The van der Waals surface area contributed by atoms with E-state index in [1.165, 1.54) is 5.56 Å². The van der Waals surface area contributed by atoms with E-state index < -0.39 is 0 Å². The number of hydrogen-bond donors (Lipinski definition) is 1. The van der Waals surface area contributed by atoms with Crippen molar-refractivity contribution in [1.82, 2.24) is 14.5 Å². The quantitative estimate of drug-likeness (QED) is 0.543. The minimum Gasteiger partial charge on any atom is -0.322 e. The molecule has 4 aromatic rings. The van der Waals surface area contributed by atoms with E-state index in [1.807, 2.05) is 43.6 Å². The molecule has 0 radical (unpaired) electrons. The molecular weight excluding hydrogens is 342 g/mol. The topological polar surface area (TPSA) is 50.7 Å². The molecule has 2 aromatic heterocycles. The number of hydrogen-bond acceptors (Lipinski definition) is 3. The van der Waals surface area contributed by atoms with Gasteiger partial charge in [-0.05, 0) is 30.2 Å². The van der Waals surface area contributed by atoms with Crippen LogP contribution in [0.25, 0.3) is 22.2 Å². The number of thioether (sulfide) groups is 1. The molecule has 130 valence electrons. The Labute approximate surface area is 155 Å². The van der Waals surface area contributed by atoms with Gasteiger partial charge in [-0.3, -0.25) is 4.79 Å². The van der Waals surface area contributed by atoms with E-state index in [2.05, 4.69) is 39.7 Å². The molecule has 0 aliphatic rings. The fourth-order valence-electron chi connectivity index (χ4n) is 3.10. The van der Waals surface area contributed by atoms with Gasteiger partial charge in [-0.2, -0.15) is 0 Å². The van der Waals surface area contributed by atoms with Gasteiger partial charge in [0, 0.05) is 29.8 Å². The summed E-state index contributed by atoms with van der Waals surface area (Å²) in [5, 5.41) is 2.03. The van der Waals surface area contributed by atoms with E-state index in [-0.39, 0.29) is 5.56 Å². The Morgan fingerprint density at radius 2 is 1.92 bits per heavy atom. The Kier molecular flexibility index (Phi) is 4.39. The normalized spacial score (nSPS) is 11.2. The lowest BCUT2D eigenvalue weighted by atomic mass is 10.1. The molecule has 2 heterocycles. The summed E-state index contributed by atoms with van der Waals surface area (Å²) >= 11 is 1.64. The largest absolute Gasteiger partial charge is 0.322 e. The highest BCUT2D eigenvalue weighted by Gasteiger charge is 2.11. The number of nitrogens with zero attached hydrogens (tertiary/aromatic N) is 2. The highest BCUT2D eigenvalue weighted by molar-refractivity contribution is 7.98. The van der Waals surface area contributed by atoms with Crippen molar-refractivity contribution < 1.29 is 0 Å². The van der Waals surface area contributed by atoms with Crippen LogP contribution in [0.2, 0.25) is 0 Å². The van der Waals surface area contributed by atoms with Crippen molar-refractivity contribution in [2.24, 2.45) is 7.05 Å². The maximum absolute atomic E-state index is 12.0. The molecule has 0 saturated heterocycles. The number of aryl methyl sites for hydroxylation is 1. The first-order chi connectivity index (χ1) is 12.6. The number of aromatic amines is 1. The molecule has 0 aliphatic heterocycles. The van der Waals surface area contributed by atoms with Crippen LogP contribution in [0, 0.1) is 6.92 Å². The number of fused-ring (bicyclic) bond motifs is 1. The average Bonchev–Trinajstić information content (AvgIpc) is 3.01. The molecule has 0 aliphatic carbocycles. The van der Waals surface area contributed by atoms with Gasteiger partial charge in [0.25, 0.3) is 0 Å². The zero-order chi connectivity index (χ0) is 18.1. The van der Waals surface area contributed by atoms with Gasteiger partial charge in [0.2, 0.25) is 5.56 Å². The number of pyridine rings is 1. The maximum atomic E-state index is 12.0. The van der Waals surface area contributed by atoms with E-state index in [0.29, 0.717) is 5.75 Å². The third-order valence-corrected chi connectivity index (χ3v) is 5.55. The van der Waals surface area contributed by atoms with E-state index in [4.69, 9.17) is 0 Å². The molecule has 4 rings (SSSR count). The second-order valence-electron chi connectivity index (χ2n) is 6.35. The van der Waals surface area contributed by atoms with Gasteiger partial charge < -0.3 is 9.55 Å². The molecular formula is C21H19N3OS. The van der Waals surface area contributed by atoms with E-state index in [9.17, 15) is 4.79 Å². The first-order valence-corrected chi connectivity index (χ1v) is 9.43. The zero-order valence-corrected chi connectivity index (χ0v) is 15.5. The van der Waals surface area contributed by atoms with Gasteiger partial charge in [0.1, 0.15) is 0 Å². The van der Waals surface area contributed by atoms with E-state index >= 15 is 0 Å². The third kappa shape index (κ3) is 3.18. The van der Waals surface area contributed by atoms with Crippen molar-refractivity contribution >= 4 is 22.7 Å². The summed E-state index contributed by atoms with van der Waals surface area (Å²) in [6, 6.07) is 18.0. The fraction of sp³-hybridized carbons (Fsp3) is 0.143. The van der Waals surface area contributed by atoms with Crippen LogP contribution >= 0.6 is 11.8 Å². The molecule has 26 heavy (non-hydrogen) atoms. The molecule has 0 atom stereocenters. The number of benzene rings is 2. The lowest BCUT2D eigenvalue weighted by Crippen LogP contribution is -2.06. The zero-order valence-electron chi connectivity index (χ0n) is 14.7. The van der Waals surface area contributed by atoms with Crippen LogP contribution in [-0.2, 0) is 12.8 Å². The summed E-state index contributed by atoms with van der Waals surface area (Å²) in [4.78, 5) is 19.4. The Hall–Kier alpha value is -2.79. The molecule has 2 aromatic carbocycles. The minimum atomic E-state index is -0.0678. The number of rotatable bonds is 4. The standard InChI is InChI=1S/C21H19N3OS/c1-14-8-9-18-17(10-14)16(11-20(25)23-18)13-26-21-22-12-19(24(21)2)15-6-4-3-5-7-15/h3-12H,13H2,1-2H3,(H,23,25). The fourth-order valence-corrected chi connectivity index (χ4v) is 4.05. The van der Waals surface area contributed by atoms with Crippen molar-refractivity contribution in [3.8, 4) is 11.3 Å². The van der Waals surface area contributed by atoms with E-state index in [0.717, 1.165) is 32.9 Å². The van der Waals surface area contributed by atoms with Gasteiger partial charge in [0.05, 0.1) is 11.9 Å². The highest BCUT2D eigenvalue weighted by atomic mass is 32.2. The van der Waals surface area contributed by atoms with Gasteiger partial charge in [0.15, 0.2) is 5.16 Å². The average molecular weight is 361 g/mol. The summed E-state index contributed by atoms with van der Waals surface area (Å²) < 4.78 is 2.10. The second kappa shape index (κ2) is 6.84. The summed E-state index contributed by atoms with van der Waals surface area (Å²) in [6.45, 7) is 2.06. The monoisotopic (exact) mass is 361 g/mol. The first-order valence-electron chi connectivity index (χ1n) is 8.44. The molecule has 5 heteroatoms. The SMILES string of the molecule is Cc1ccc2[nH]c(=O)cc(CSc3ncc(-c4ccccc4)n3C)c2c1. The van der Waals surface area contributed by atoms with Gasteiger partial charge in [-0.1, -0.05) is 53.7 Å². The number of H-pyrrole nitrogens is 1. The van der Waals surface area contributed by atoms with Crippen molar-refractivity contribution in [3.05, 3.63) is 82.3 Å². The molecule has 0 bridgehead atoms. The van der Waals surface area contributed by atoms with Crippen molar-refractivity contribution in [2.45, 2.75) is 17.8 Å². The van der Waals surface area contributed by atoms with Crippen LogP contribution < -0.4 is 5.56 Å². The van der Waals surface area contributed by atoms with Crippen LogP contribution in [-0.4, -0.2) is 14.5 Å². The summed E-state index contributed by atoms with van der Waals surface area (Å²) in [5.74, 6) is 0.697. The van der Waals surface area contributed by atoms with Crippen LogP contribution in [0.15, 0.2) is 70.7 Å². The lowest BCUT2D eigenvalue weighted by Gasteiger charge is -2.08. The molecule has 0 amide bonds. The summed E-state index contributed by atoms with van der Waals surface area (Å²) in [6.07, 6.45) is 1.90. The Balaban J connectivity index is 1.64. The Morgan fingerprint density at radius 1 is 1.12 bits per heavy atom. The summed E-state index contributed by atoms with van der Waals surface area (Å²) in [7, 11) is 2.03. The molecule has 0 fully saturated rings. The predicted molar refractivity (Wildman–Crippen MR) is 108 cm³/mol. The lowest BCUT2D eigenvalue weighted by molar-refractivity contribution is 0.796. The summed E-state index contributed by atoms with van der Waals surface area (Å²) in [5.41, 5.74) is 5.25. The van der Waals surface area contributed by atoms with Gasteiger partial charge in [-0.25, -0.2) is 4.98 Å². The molecule has 1 N–H and O–H groups in total. The Bertz CT molecular complexity index is 1130. The van der Waals surface area contributed by atoms with Crippen molar-refractivity contribution in [1.29, 1.82) is 0 Å². The number of aromatic nitrogens is 3. The molecule has 0 unspecified atom stereocenters. The molecule has 0 spiro atoms. The van der Waals surface area contributed by atoms with Crippen LogP contribution in [0.4, 0.5) is 0 Å². The number of nitrogens with one attached hydrogen (secondary N) is 1. The van der Waals surface area contributed by atoms with E-state index in [1.54, 1.807) is 17.8 Å². The second-order valence-corrected chi connectivity index (χ2v) is 7.29. The molecule has 4 nitrogen and oxygen atoms in total. The van der Waals surface area contributed by atoms with Crippen molar-refractivity contribution in [2.75, 3.05) is 0 Å². The smallest absolute Gasteiger partial charge is 0.248 e. The Morgan fingerprint density at radius 3 is 2.73 bits per heavy atom. The first kappa shape index (κ1) is 16.7. The maximum Gasteiger partial charge on any atom is 0.248 e. The van der Waals surface area contributed by atoms with Gasteiger partial charge in [-0.15, -0.1) is 0 Å². The molecule has 0 saturated carbocycles. The number of imidazole rings is 1. The van der Waals surface area contributed by atoms with Crippen LogP contribution in [0.3, 0.4) is 0 Å².